The monoisotopic (exact) mass is 917 g/mol. The van der Waals surface area contributed by atoms with Crippen LogP contribution in [0.25, 0.3) is 0 Å². The van der Waals surface area contributed by atoms with Gasteiger partial charge in [0.1, 0.15) is 24.4 Å². The van der Waals surface area contributed by atoms with Gasteiger partial charge in [-0.05, 0) is 55.4 Å². The van der Waals surface area contributed by atoms with E-state index < -0.39 is 108 Å². The Kier molecular flexibility index (Phi) is 19.2. The van der Waals surface area contributed by atoms with Crippen molar-refractivity contribution < 1.29 is 64.7 Å². The molecule has 8 atom stereocenters. The third kappa shape index (κ3) is 12.5. The van der Waals surface area contributed by atoms with E-state index in [0.29, 0.717) is 0 Å². The molecule has 2 saturated heterocycles. The zero-order chi connectivity index (χ0) is 44.4. The predicted molar refractivity (Wildman–Crippen MR) is 214 cm³/mol. The van der Waals surface area contributed by atoms with Crippen molar-refractivity contribution in [3.05, 3.63) is 66.2 Å². The number of nitrogens with zero attached hydrogens (tertiary/aromatic N) is 3. The number of ether oxygens (including phenoxy) is 6. The first-order chi connectivity index (χ1) is 28.5. The van der Waals surface area contributed by atoms with Gasteiger partial charge in [-0.25, -0.2) is 14.3 Å². The zero-order valence-corrected chi connectivity index (χ0v) is 38.0. The Morgan fingerprint density at radius 1 is 0.650 bits per heavy atom. The van der Waals surface area contributed by atoms with Crippen molar-refractivity contribution in [2.45, 2.75) is 117 Å². The molecule has 0 amide bonds. The third-order valence-corrected chi connectivity index (χ3v) is 14.5. The fraction of sp³-hybridized carbons (Fsp3) is 0.765. The van der Waals surface area contributed by atoms with E-state index in [2.05, 4.69) is 9.97 Å². The van der Waals surface area contributed by atoms with Crippen LogP contribution in [0.2, 0.25) is 0 Å². The van der Waals surface area contributed by atoms with E-state index in [1.807, 2.05) is 32.4 Å². The van der Waals surface area contributed by atoms with E-state index in [1.54, 1.807) is 27.7 Å². The Morgan fingerprint density at radius 3 is 1.28 bits per heavy atom. The molecule has 0 aromatic carbocycles. The van der Waals surface area contributed by atoms with Gasteiger partial charge in [0.05, 0.1) is 26.4 Å². The number of aromatic amines is 2. The predicted octanol–water partition coefficient (Wildman–Crippen LogP) is 3.42. The molecule has 0 bridgehead atoms. The molecule has 26 heteroatoms. The first-order valence-corrected chi connectivity index (χ1v) is 24.0. The molecule has 2 aliphatic heterocycles. The van der Waals surface area contributed by atoms with Crippen molar-refractivity contribution in [1.82, 2.24) is 23.8 Å². The molecule has 2 fully saturated rings. The molecule has 342 valence electrons. The number of aromatic nitrogens is 4. The summed E-state index contributed by atoms with van der Waals surface area (Å²) in [6.07, 6.45) is -8.95. The van der Waals surface area contributed by atoms with Crippen molar-refractivity contribution in [2.75, 3.05) is 53.3 Å². The second kappa shape index (κ2) is 22.9. The fourth-order valence-corrected chi connectivity index (χ4v) is 11.1. The van der Waals surface area contributed by atoms with Gasteiger partial charge in [0, 0.05) is 50.8 Å². The van der Waals surface area contributed by atoms with Gasteiger partial charge in [0.2, 0.25) is 0 Å². The highest BCUT2D eigenvalue weighted by Crippen LogP contribution is 2.55. The van der Waals surface area contributed by atoms with E-state index in [-0.39, 0.29) is 38.5 Å². The smallest absolute Gasteiger partial charge is 0.356 e. The summed E-state index contributed by atoms with van der Waals surface area (Å²) in [4.78, 5) is 54.6. The summed E-state index contributed by atoms with van der Waals surface area (Å²) >= 11 is 0. The normalized spacial score (nSPS) is 25.1. The van der Waals surface area contributed by atoms with E-state index in [9.17, 15) is 28.3 Å². The number of rotatable bonds is 25. The van der Waals surface area contributed by atoms with Crippen LogP contribution in [0.1, 0.15) is 67.8 Å². The summed E-state index contributed by atoms with van der Waals surface area (Å²) in [5.41, 5.74) is -2.94. The molecule has 0 saturated carbocycles. The molecular weight excluding hydrogens is 859 g/mol. The van der Waals surface area contributed by atoms with Gasteiger partial charge >= 0.3 is 26.6 Å². The van der Waals surface area contributed by atoms with Gasteiger partial charge in [-0.2, -0.15) is 0 Å². The van der Waals surface area contributed by atoms with Crippen LogP contribution in [0.4, 0.5) is 0 Å². The average molecular weight is 918 g/mol. The number of H-pyrrole nitrogens is 2. The van der Waals surface area contributed by atoms with Crippen molar-refractivity contribution in [3.63, 3.8) is 0 Å². The van der Waals surface area contributed by atoms with Crippen LogP contribution in [0.15, 0.2) is 43.7 Å². The summed E-state index contributed by atoms with van der Waals surface area (Å²) in [5, 5.41) is 0. The largest absolute Gasteiger partial charge is 0.374 e. The minimum absolute atomic E-state index is 0.0448. The van der Waals surface area contributed by atoms with Crippen molar-refractivity contribution in [1.29, 1.82) is 0 Å². The molecule has 2 aliphatic rings. The van der Waals surface area contributed by atoms with Crippen molar-refractivity contribution in [3.8, 4) is 0 Å². The van der Waals surface area contributed by atoms with Gasteiger partial charge in [-0.3, -0.25) is 37.8 Å². The van der Waals surface area contributed by atoms with Crippen LogP contribution in [-0.2, 0) is 64.7 Å². The fourth-order valence-electron chi connectivity index (χ4n) is 6.57. The Labute approximate surface area is 348 Å². The highest BCUT2D eigenvalue weighted by atomic mass is 31.2. The number of nitrogens with one attached hydrogen (secondary N) is 2. The first kappa shape index (κ1) is 50.4. The quantitative estimate of drug-likeness (QED) is 0.135. The van der Waals surface area contributed by atoms with Gasteiger partial charge < -0.3 is 55.6 Å². The SMILES string of the molecule is CCOP(=O)(CO[C@H]1O[C@@H](n2ccc(=O)[nH]c2=O)[C@H](OC)[C@@H]1OP(O[C@@H]1[C@@H](OCP(=O)(OCC)OCC)O[C@@H](n2ccc(=O)[nH]c2=O)[C@@H]1OC)N(C(C)C)C(C)C)OCC. The molecule has 0 radical (unpaired) electrons. The second-order valence-corrected chi connectivity index (χ2v) is 19.0. The summed E-state index contributed by atoms with van der Waals surface area (Å²) in [5.74, 6) is 0. The van der Waals surface area contributed by atoms with Gasteiger partial charge in [0.15, 0.2) is 37.7 Å². The van der Waals surface area contributed by atoms with Gasteiger partial charge in [-0.15, -0.1) is 0 Å². The van der Waals surface area contributed by atoms with Crippen molar-refractivity contribution in [2.24, 2.45) is 0 Å². The highest BCUT2D eigenvalue weighted by Gasteiger charge is 2.55. The van der Waals surface area contributed by atoms with E-state index in [4.69, 9.17) is 55.6 Å². The minimum Gasteiger partial charge on any atom is -0.374 e. The average Bonchev–Trinajstić information content (AvgIpc) is 3.69. The molecule has 2 aromatic heterocycles. The van der Waals surface area contributed by atoms with Crippen molar-refractivity contribution >= 4 is 23.7 Å². The summed E-state index contributed by atoms with van der Waals surface area (Å²) < 4.78 is 103. The lowest BCUT2D eigenvalue weighted by molar-refractivity contribution is -0.173. The summed E-state index contributed by atoms with van der Waals surface area (Å²) in [7, 11) is -7.31. The maximum atomic E-state index is 13.6. The lowest BCUT2D eigenvalue weighted by Crippen LogP contribution is -2.44. The minimum atomic E-state index is -3.83. The van der Waals surface area contributed by atoms with Gasteiger partial charge in [-0.1, -0.05) is 0 Å². The van der Waals surface area contributed by atoms with Crippen LogP contribution in [-0.4, -0.2) is 126 Å². The molecule has 4 rings (SSSR count). The van der Waals surface area contributed by atoms with Gasteiger partial charge in [0.25, 0.3) is 19.6 Å². The van der Waals surface area contributed by atoms with Crippen LogP contribution < -0.4 is 22.5 Å². The molecule has 4 heterocycles. The van der Waals surface area contributed by atoms with E-state index >= 15 is 0 Å². The molecule has 0 unspecified atom stereocenters. The number of hydrogen-bond donors (Lipinski definition) is 2. The lowest BCUT2D eigenvalue weighted by atomic mass is 10.2. The van der Waals surface area contributed by atoms with E-state index in [0.717, 1.165) is 21.3 Å². The highest BCUT2D eigenvalue weighted by molar-refractivity contribution is 7.53. The van der Waals surface area contributed by atoms with Crippen LogP contribution >= 0.6 is 23.7 Å². The standard InChI is InChI=1S/C34H58N5O18P3/c1-11-50-59(44,51-12-2)19-48-31-27(25(46-9)29(54-31)37-17-15-23(40)35-33(37)42)56-58(39(21(5)6)22(7)8)57-28-26(47-10)30(38-18-16-24(41)36-34(38)43)55-32(28)49-20-60(45,52-13-3)53-14-4/h15-18,21-22,25-32H,11-14,19-20H2,1-10H3,(H,35,40,42)(H,36,41,43)/t25-,26-,27+,28+,29-,30-,31+,32+/m1/s1. The molecule has 2 N–H and O–H groups in total. The maximum Gasteiger partial charge on any atom is 0.356 e. The third-order valence-electron chi connectivity index (χ3n) is 8.86. The van der Waals surface area contributed by atoms with Crippen LogP contribution in [0, 0.1) is 0 Å². The molecule has 0 aliphatic carbocycles. The molecule has 0 spiro atoms. The lowest BCUT2D eigenvalue weighted by Gasteiger charge is -2.40. The Hall–Kier alpha value is -2.27. The first-order valence-electron chi connectivity index (χ1n) is 19.4. The summed E-state index contributed by atoms with van der Waals surface area (Å²) in [6, 6.07) is 1.70. The van der Waals surface area contributed by atoms with E-state index in [1.165, 1.54) is 26.6 Å². The molecule has 60 heavy (non-hydrogen) atoms. The van der Waals surface area contributed by atoms with Crippen LogP contribution in [0.3, 0.4) is 0 Å². The second-order valence-electron chi connectivity index (χ2n) is 13.7. The molecule has 23 nitrogen and oxygen atoms in total. The number of methoxy groups -OCH3 is 2. The topological polar surface area (TPSA) is 258 Å². The van der Waals surface area contributed by atoms with Crippen LogP contribution in [0.5, 0.6) is 0 Å². The maximum absolute atomic E-state index is 13.6. The number of hydrogen-bond acceptors (Lipinski definition) is 19. The Balaban J connectivity index is 1.83. The summed E-state index contributed by atoms with van der Waals surface area (Å²) in [6.45, 7) is 14.3. The Morgan fingerprint density at radius 2 is 1.00 bits per heavy atom. The zero-order valence-electron chi connectivity index (χ0n) is 35.4. The Bertz CT molecular complexity index is 1840. The molecular formula is C34H58N5O18P3. The molecule has 2 aromatic rings.